The first kappa shape index (κ1) is 21.6. The summed E-state index contributed by atoms with van der Waals surface area (Å²) in [5.74, 6) is -0.162. The van der Waals surface area contributed by atoms with Gasteiger partial charge in [0.25, 0.3) is 5.91 Å². The minimum atomic E-state index is -0.761. The highest BCUT2D eigenvalue weighted by Gasteiger charge is 2.24. The fourth-order valence-electron chi connectivity index (χ4n) is 4.98. The van der Waals surface area contributed by atoms with Crippen molar-refractivity contribution in [3.8, 4) is 0 Å². The molecule has 0 saturated carbocycles. The van der Waals surface area contributed by atoms with Gasteiger partial charge in [0, 0.05) is 61.1 Å². The van der Waals surface area contributed by atoms with Crippen molar-refractivity contribution in [2.24, 2.45) is 0 Å². The van der Waals surface area contributed by atoms with E-state index >= 15 is 0 Å². The lowest BCUT2D eigenvalue weighted by Crippen LogP contribution is -2.24. The number of aryl methyl sites for hydroxylation is 1. The molecule has 0 aliphatic carbocycles. The van der Waals surface area contributed by atoms with E-state index in [9.17, 15) is 14.0 Å². The molecular formula is C26H29FN4O2. The van der Waals surface area contributed by atoms with Crippen molar-refractivity contribution >= 4 is 28.2 Å². The Kier molecular flexibility index (Phi) is 5.89. The van der Waals surface area contributed by atoms with E-state index in [0.29, 0.717) is 30.8 Å². The summed E-state index contributed by atoms with van der Waals surface area (Å²) in [7, 11) is 0. The van der Waals surface area contributed by atoms with Crippen molar-refractivity contribution in [2.45, 2.75) is 38.9 Å². The molecule has 2 fully saturated rings. The van der Waals surface area contributed by atoms with Gasteiger partial charge in [-0.3, -0.25) is 14.5 Å². The van der Waals surface area contributed by atoms with Gasteiger partial charge in [0.15, 0.2) is 0 Å². The number of amides is 1. The van der Waals surface area contributed by atoms with E-state index in [1.54, 1.807) is 12.1 Å². The zero-order valence-corrected chi connectivity index (χ0v) is 18.9. The molecule has 0 radical (unpaired) electrons. The fourth-order valence-corrected chi connectivity index (χ4v) is 4.98. The van der Waals surface area contributed by atoms with E-state index in [0.717, 1.165) is 60.2 Å². The molecule has 1 aromatic heterocycles. The van der Waals surface area contributed by atoms with Gasteiger partial charge in [-0.1, -0.05) is 6.07 Å². The number of aromatic amines is 1. The van der Waals surface area contributed by atoms with E-state index in [2.05, 4.69) is 26.2 Å². The highest BCUT2D eigenvalue weighted by atomic mass is 19.1. The van der Waals surface area contributed by atoms with Gasteiger partial charge in [-0.15, -0.1) is 0 Å². The molecule has 0 bridgehead atoms. The van der Waals surface area contributed by atoms with Crippen molar-refractivity contribution in [2.75, 3.05) is 36.4 Å². The summed E-state index contributed by atoms with van der Waals surface area (Å²) < 4.78 is 13.6. The molecular weight excluding hydrogens is 419 g/mol. The molecule has 1 unspecified atom stereocenters. The minimum Gasteiger partial charge on any atom is -0.371 e. The molecule has 1 amide bonds. The lowest BCUT2D eigenvalue weighted by molar-refractivity contribution is 0.102. The van der Waals surface area contributed by atoms with Gasteiger partial charge in [-0.2, -0.15) is 0 Å². The van der Waals surface area contributed by atoms with Crippen LogP contribution in [0.1, 0.15) is 40.7 Å². The number of benzene rings is 2. The van der Waals surface area contributed by atoms with Gasteiger partial charge < -0.3 is 15.2 Å². The van der Waals surface area contributed by atoms with E-state index < -0.39 is 6.17 Å². The summed E-state index contributed by atoms with van der Waals surface area (Å²) in [6.45, 7) is 5.61. The van der Waals surface area contributed by atoms with Crippen LogP contribution in [0.15, 0.2) is 47.3 Å². The number of halogens is 1. The van der Waals surface area contributed by atoms with Crippen LogP contribution in [0.5, 0.6) is 0 Å². The second kappa shape index (κ2) is 8.98. The highest BCUT2D eigenvalue weighted by Crippen LogP contribution is 2.28. The van der Waals surface area contributed by atoms with Crippen LogP contribution in [-0.4, -0.2) is 48.1 Å². The minimum absolute atomic E-state index is 0.138. The molecule has 172 valence electrons. The molecule has 7 heteroatoms. The molecule has 0 spiro atoms. The monoisotopic (exact) mass is 448 g/mol. The second-order valence-electron chi connectivity index (χ2n) is 9.20. The van der Waals surface area contributed by atoms with Gasteiger partial charge in [0.2, 0.25) is 5.56 Å². The summed E-state index contributed by atoms with van der Waals surface area (Å²) in [6.07, 6.45) is 2.06. The molecule has 5 rings (SSSR count). The van der Waals surface area contributed by atoms with Crippen molar-refractivity contribution in [3.63, 3.8) is 0 Å². The van der Waals surface area contributed by atoms with Crippen LogP contribution in [0.3, 0.4) is 0 Å². The van der Waals surface area contributed by atoms with Crippen LogP contribution in [0, 0.1) is 6.92 Å². The number of alkyl halides is 1. The number of carbonyl (C=O) groups is 1. The Balaban J connectivity index is 1.44. The predicted octanol–water partition coefficient (Wildman–Crippen LogP) is 4.23. The molecule has 2 aliphatic rings. The van der Waals surface area contributed by atoms with Crippen LogP contribution < -0.4 is 15.8 Å². The van der Waals surface area contributed by atoms with Crippen LogP contribution in [0.25, 0.3) is 10.9 Å². The number of aromatic nitrogens is 1. The molecule has 6 nitrogen and oxygen atoms in total. The number of hydrogen-bond donors (Lipinski definition) is 2. The summed E-state index contributed by atoms with van der Waals surface area (Å²) in [6, 6.07) is 13.1. The largest absolute Gasteiger partial charge is 0.371 e. The average molecular weight is 449 g/mol. The first-order valence-electron chi connectivity index (χ1n) is 11.7. The molecule has 2 N–H and O–H groups in total. The Hall–Kier alpha value is -3.19. The maximum Gasteiger partial charge on any atom is 0.257 e. The Morgan fingerprint density at radius 3 is 2.70 bits per heavy atom. The number of H-pyrrole nitrogens is 1. The van der Waals surface area contributed by atoms with Gasteiger partial charge in [0.1, 0.15) is 6.17 Å². The number of nitrogens with one attached hydrogen (secondary N) is 2. The zero-order chi connectivity index (χ0) is 22.9. The molecule has 2 aromatic carbocycles. The van der Waals surface area contributed by atoms with E-state index in [4.69, 9.17) is 0 Å². The number of pyridine rings is 1. The highest BCUT2D eigenvalue weighted by molar-refractivity contribution is 6.09. The van der Waals surface area contributed by atoms with Crippen molar-refractivity contribution in [3.05, 3.63) is 69.5 Å². The Bertz CT molecular complexity index is 1250. The number of likely N-dealkylation sites (tertiary alicyclic amines) is 1. The zero-order valence-electron chi connectivity index (χ0n) is 18.9. The second-order valence-corrected chi connectivity index (χ2v) is 9.20. The van der Waals surface area contributed by atoms with Crippen LogP contribution in [-0.2, 0) is 6.54 Å². The van der Waals surface area contributed by atoms with Crippen LogP contribution in [0.4, 0.5) is 15.8 Å². The van der Waals surface area contributed by atoms with Gasteiger partial charge in [-0.25, -0.2) is 4.39 Å². The Morgan fingerprint density at radius 2 is 1.94 bits per heavy atom. The number of hydrogen-bond acceptors (Lipinski definition) is 4. The molecule has 2 saturated heterocycles. The number of fused-ring (bicyclic) bond motifs is 1. The number of nitrogens with zero attached hydrogens (tertiary/aromatic N) is 2. The van der Waals surface area contributed by atoms with Gasteiger partial charge >= 0.3 is 0 Å². The number of anilines is 2. The number of carbonyl (C=O) groups excluding carboxylic acids is 1. The number of rotatable bonds is 5. The topological polar surface area (TPSA) is 68.4 Å². The first-order valence-corrected chi connectivity index (χ1v) is 11.7. The summed E-state index contributed by atoms with van der Waals surface area (Å²) in [5.41, 5.74) is 4.75. The molecule has 1 atom stereocenters. The third-order valence-corrected chi connectivity index (χ3v) is 6.68. The molecule has 2 aliphatic heterocycles. The Morgan fingerprint density at radius 1 is 1.12 bits per heavy atom. The van der Waals surface area contributed by atoms with E-state index in [1.165, 1.54) is 0 Å². The van der Waals surface area contributed by atoms with Gasteiger partial charge in [-0.05, 0) is 67.6 Å². The summed E-state index contributed by atoms with van der Waals surface area (Å²) in [5, 5.41) is 3.95. The summed E-state index contributed by atoms with van der Waals surface area (Å²) >= 11 is 0. The SMILES string of the molecule is Cc1cc(=O)[nH]c2ccc(NC(=O)c3cc(CN4CCC(F)C4)ccc3N3CCCC3)cc12. The average Bonchev–Trinajstić information content (AvgIpc) is 3.46. The first-order chi connectivity index (χ1) is 16.0. The van der Waals surface area contributed by atoms with Crippen LogP contribution >= 0.6 is 0 Å². The third-order valence-electron chi connectivity index (χ3n) is 6.68. The normalized spacial score (nSPS) is 18.8. The lowest BCUT2D eigenvalue weighted by Gasteiger charge is -2.23. The maximum atomic E-state index is 13.6. The molecule has 3 aromatic rings. The van der Waals surface area contributed by atoms with Crippen molar-refractivity contribution in [1.82, 2.24) is 9.88 Å². The predicted molar refractivity (Wildman–Crippen MR) is 130 cm³/mol. The van der Waals surface area contributed by atoms with E-state index in [1.807, 2.05) is 31.2 Å². The lowest BCUT2D eigenvalue weighted by atomic mass is 10.1. The Labute approximate surface area is 192 Å². The smallest absolute Gasteiger partial charge is 0.257 e. The van der Waals surface area contributed by atoms with Gasteiger partial charge in [0.05, 0.1) is 5.56 Å². The molecule has 33 heavy (non-hydrogen) atoms. The fraction of sp³-hybridized carbons (Fsp3) is 0.385. The summed E-state index contributed by atoms with van der Waals surface area (Å²) in [4.78, 5) is 32.4. The van der Waals surface area contributed by atoms with Crippen LogP contribution in [0.2, 0.25) is 0 Å². The maximum absolute atomic E-state index is 13.6. The molecule has 3 heterocycles. The van der Waals surface area contributed by atoms with Crippen molar-refractivity contribution in [1.29, 1.82) is 0 Å². The quantitative estimate of drug-likeness (QED) is 0.613. The standard InChI is InChI=1S/C26H29FN4O2/c1-17-12-25(32)29-23-6-5-20(14-21(17)23)28-26(33)22-13-18(15-30-11-8-19(27)16-30)4-7-24(22)31-9-2-3-10-31/h4-7,12-14,19H,2-3,8-11,15-16H2,1H3,(H,28,33)(H,29,32). The third kappa shape index (κ3) is 4.64. The van der Waals surface area contributed by atoms with E-state index in [-0.39, 0.29) is 11.5 Å². The van der Waals surface area contributed by atoms with Crippen molar-refractivity contribution < 1.29 is 9.18 Å².